The lowest BCUT2D eigenvalue weighted by Gasteiger charge is -2.15. The SMILES string of the molecule is Cc1nc2c(c(-c3ccco3)nn2[C@@H](C)c2ccc(C(F)(F)F)cc2)c(=O)[nH]1. The van der Waals surface area contributed by atoms with Crippen molar-refractivity contribution in [2.45, 2.75) is 26.1 Å². The van der Waals surface area contributed by atoms with Crippen molar-refractivity contribution in [2.75, 3.05) is 0 Å². The summed E-state index contributed by atoms with van der Waals surface area (Å²) in [5, 5.41) is 4.76. The molecule has 0 aliphatic carbocycles. The van der Waals surface area contributed by atoms with Crippen molar-refractivity contribution in [1.29, 1.82) is 0 Å². The minimum absolute atomic E-state index is 0.263. The van der Waals surface area contributed by atoms with E-state index in [4.69, 9.17) is 4.42 Å². The molecule has 1 atom stereocenters. The smallest absolute Gasteiger partial charge is 0.416 e. The number of furan rings is 1. The van der Waals surface area contributed by atoms with Gasteiger partial charge in [0.05, 0.1) is 17.9 Å². The molecule has 1 N–H and O–H groups in total. The maximum absolute atomic E-state index is 12.8. The number of H-pyrrole nitrogens is 1. The van der Waals surface area contributed by atoms with Crippen LogP contribution < -0.4 is 5.56 Å². The summed E-state index contributed by atoms with van der Waals surface area (Å²) in [6.45, 7) is 3.42. The molecule has 0 saturated carbocycles. The summed E-state index contributed by atoms with van der Waals surface area (Å²) in [5.74, 6) is 0.809. The first-order valence-corrected chi connectivity index (χ1v) is 8.46. The van der Waals surface area contributed by atoms with Gasteiger partial charge in [0.15, 0.2) is 11.4 Å². The van der Waals surface area contributed by atoms with Gasteiger partial charge >= 0.3 is 6.18 Å². The molecular weight excluding hydrogens is 373 g/mol. The monoisotopic (exact) mass is 388 g/mol. The van der Waals surface area contributed by atoms with Crippen LogP contribution in [0.15, 0.2) is 51.9 Å². The summed E-state index contributed by atoms with van der Waals surface area (Å²) in [4.78, 5) is 19.6. The predicted molar refractivity (Wildman–Crippen MR) is 95.8 cm³/mol. The van der Waals surface area contributed by atoms with Gasteiger partial charge in [0.25, 0.3) is 5.56 Å². The Hall–Kier alpha value is -3.36. The standard InChI is InChI=1S/C19H15F3N4O2/c1-10(12-5-7-13(8-6-12)19(20,21)22)26-17-15(18(27)24-11(2)23-17)16(25-26)14-4-3-9-28-14/h3-10H,1-2H3,(H,23,24,27)/t10-/m0/s1. The minimum atomic E-state index is -4.40. The van der Waals surface area contributed by atoms with Crippen molar-refractivity contribution in [2.24, 2.45) is 0 Å². The molecule has 4 aromatic rings. The van der Waals surface area contributed by atoms with E-state index in [1.807, 2.05) is 0 Å². The molecule has 0 aliphatic heterocycles. The van der Waals surface area contributed by atoms with E-state index in [0.717, 1.165) is 12.1 Å². The molecule has 0 saturated heterocycles. The largest absolute Gasteiger partial charge is 0.463 e. The second kappa shape index (κ2) is 6.36. The first kappa shape index (κ1) is 18.0. The van der Waals surface area contributed by atoms with Gasteiger partial charge in [0, 0.05) is 0 Å². The van der Waals surface area contributed by atoms with E-state index in [-0.39, 0.29) is 10.9 Å². The number of nitrogens with one attached hydrogen (secondary N) is 1. The Morgan fingerprint density at radius 2 is 1.89 bits per heavy atom. The summed E-state index contributed by atoms with van der Waals surface area (Å²) in [5.41, 5.74) is 0.172. The lowest BCUT2D eigenvalue weighted by atomic mass is 10.1. The van der Waals surface area contributed by atoms with E-state index in [0.29, 0.717) is 28.5 Å². The molecule has 0 spiro atoms. The fourth-order valence-electron chi connectivity index (χ4n) is 3.10. The first-order chi connectivity index (χ1) is 13.3. The van der Waals surface area contributed by atoms with Crippen LogP contribution in [0.5, 0.6) is 0 Å². The Bertz CT molecular complexity index is 1190. The van der Waals surface area contributed by atoms with Crippen LogP contribution in [0.4, 0.5) is 13.2 Å². The van der Waals surface area contributed by atoms with Gasteiger partial charge in [0.2, 0.25) is 0 Å². The molecule has 0 amide bonds. The van der Waals surface area contributed by atoms with E-state index in [2.05, 4.69) is 15.1 Å². The maximum atomic E-state index is 12.8. The fraction of sp³-hybridized carbons (Fsp3) is 0.211. The number of benzene rings is 1. The summed E-state index contributed by atoms with van der Waals surface area (Å²) >= 11 is 0. The number of hydrogen-bond acceptors (Lipinski definition) is 4. The molecule has 0 unspecified atom stereocenters. The van der Waals surface area contributed by atoms with Crippen LogP contribution in [-0.2, 0) is 6.18 Å². The quantitative estimate of drug-likeness (QED) is 0.567. The molecule has 0 bridgehead atoms. The van der Waals surface area contributed by atoms with Crippen LogP contribution in [0.3, 0.4) is 0 Å². The van der Waals surface area contributed by atoms with Crippen molar-refractivity contribution in [3.05, 3.63) is 70.0 Å². The Labute approximate surface area is 156 Å². The fourth-order valence-corrected chi connectivity index (χ4v) is 3.10. The average molecular weight is 388 g/mol. The number of aromatic nitrogens is 4. The average Bonchev–Trinajstić information content (AvgIpc) is 3.28. The molecular formula is C19H15F3N4O2. The first-order valence-electron chi connectivity index (χ1n) is 8.46. The normalized spacial score (nSPS) is 13.2. The second-order valence-electron chi connectivity index (χ2n) is 6.42. The Morgan fingerprint density at radius 1 is 1.18 bits per heavy atom. The lowest BCUT2D eigenvalue weighted by Crippen LogP contribution is -2.13. The highest BCUT2D eigenvalue weighted by Crippen LogP contribution is 2.32. The zero-order chi connectivity index (χ0) is 20.1. The van der Waals surface area contributed by atoms with E-state index in [1.54, 1.807) is 26.0 Å². The zero-order valence-corrected chi connectivity index (χ0v) is 14.9. The highest BCUT2D eigenvalue weighted by Gasteiger charge is 2.30. The third-order valence-electron chi connectivity index (χ3n) is 4.52. The van der Waals surface area contributed by atoms with Gasteiger partial charge in [-0.15, -0.1) is 0 Å². The van der Waals surface area contributed by atoms with E-state index in [9.17, 15) is 18.0 Å². The number of nitrogens with zero attached hydrogens (tertiary/aromatic N) is 3. The molecule has 4 rings (SSSR count). The molecule has 3 aromatic heterocycles. The Morgan fingerprint density at radius 3 is 2.50 bits per heavy atom. The van der Waals surface area contributed by atoms with Gasteiger partial charge in [-0.3, -0.25) is 4.79 Å². The molecule has 0 aliphatic rings. The topological polar surface area (TPSA) is 76.7 Å². The number of alkyl halides is 3. The maximum Gasteiger partial charge on any atom is 0.416 e. The number of fused-ring (bicyclic) bond motifs is 1. The van der Waals surface area contributed by atoms with E-state index >= 15 is 0 Å². The third-order valence-corrected chi connectivity index (χ3v) is 4.52. The molecule has 28 heavy (non-hydrogen) atoms. The third kappa shape index (κ3) is 2.98. The molecule has 0 fully saturated rings. The second-order valence-corrected chi connectivity index (χ2v) is 6.42. The van der Waals surface area contributed by atoms with Crippen molar-refractivity contribution in [3.8, 4) is 11.5 Å². The lowest BCUT2D eigenvalue weighted by molar-refractivity contribution is -0.137. The van der Waals surface area contributed by atoms with E-state index in [1.165, 1.54) is 23.1 Å². The van der Waals surface area contributed by atoms with Crippen LogP contribution in [0.2, 0.25) is 0 Å². The number of aromatic amines is 1. The zero-order valence-electron chi connectivity index (χ0n) is 14.9. The number of halogens is 3. The molecule has 1 aromatic carbocycles. The molecule has 3 heterocycles. The predicted octanol–water partition coefficient (Wildman–Crippen LogP) is 4.32. The number of rotatable bonds is 3. The van der Waals surface area contributed by atoms with Crippen molar-refractivity contribution >= 4 is 11.0 Å². The highest BCUT2D eigenvalue weighted by molar-refractivity contribution is 5.89. The van der Waals surface area contributed by atoms with E-state index < -0.39 is 17.8 Å². The van der Waals surface area contributed by atoms with Crippen LogP contribution in [0.25, 0.3) is 22.5 Å². The number of aryl methyl sites for hydroxylation is 1. The summed E-state index contributed by atoms with van der Waals surface area (Å²) in [6.07, 6.45) is -2.94. The Balaban J connectivity index is 1.88. The summed E-state index contributed by atoms with van der Waals surface area (Å²) < 4.78 is 45.4. The van der Waals surface area contributed by atoms with Gasteiger partial charge in [-0.1, -0.05) is 12.1 Å². The number of hydrogen-bond donors (Lipinski definition) is 1. The summed E-state index contributed by atoms with van der Waals surface area (Å²) in [6, 6.07) is 7.74. The molecule has 144 valence electrons. The van der Waals surface area contributed by atoms with Crippen LogP contribution in [0, 0.1) is 6.92 Å². The molecule has 0 radical (unpaired) electrons. The van der Waals surface area contributed by atoms with Crippen LogP contribution >= 0.6 is 0 Å². The van der Waals surface area contributed by atoms with Crippen molar-refractivity contribution < 1.29 is 17.6 Å². The van der Waals surface area contributed by atoms with Gasteiger partial charge in [0.1, 0.15) is 16.9 Å². The van der Waals surface area contributed by atoms with Gasteiger partial charge in [-0.05, 0) is 43.7 Å². The van der Waals surface area contributed by atoms with Gasteiger partial charge < -0.3 is 9.40 Å². The highest BCUT2D eigenvalue weighted by atomic mass is 19.4. The van der Waals surface area contributed by atoms with Crippen molar-refractivity contribution in [1.82, 2.24) is 19.7 Å². The van der Waals surface area contributed by atoms with Crippen molar-refractivity contribution in [3.63, 3.8) is 0 Å². The molecule has 6 nitrogen and oxygen atoms in total. The summed E-state index contributed by atoms with van der Waals surface area (Å²) in [7, 11) is 0. The van der Waals surface area contributed by atoms with Crippen LogP contribution in [0.1, 0.15) is 29.9 Å². The Kier molecular flexibility index (Phi) is 4.10. The molecule has 9 heteroatoms. The van der Waals surface area contributed by atoms with Gasteiger partial charge in [-0.25, -0.2) is 9.67 Å². The van der Waals surface area contributed by atoms with Crippen LogP contribution in [-0.4, -0.2) is 19.7 Å². The minimum Gasteiger partial charge on any atom is -0.463 e. The van der Waals surface area contributed by atoms with Gasteiger partial charge in [-0.2, -0.15) is 18.3 Å².